The van der Waals surface area contributed by atoms with E-state index in [9.17, 15) is 0 Å². The van der Waals surface area contributed by atoms with Gasteiger partial charge >= 0.3 is 0 Å². The van der Waals surface area contributed by atoms with E-state index in [-0.39, 0.29) is 0 Å². The lowest BCUT2D eigenvalue weighted by atomic mass is 10.0. The first-order valence-electron chi connectivity index (χ1n) is 5.50. The van der Waals surface area contributed by atoms with Gasteiger partial charge in [0.25, 0.3) is 0 Å². The van der Waals surface area contributed by atoms with E-state index >= 15 is 0 Å². The van der Waals surface area contributed by atoms with E-state index in [1.165, 1.54) is 24.2 Å². The summed E-state index contributed by atoms with van der Waals surface area (Å²) in [7, 11) is 0. The predicted molar refractivity (Wildman–Crippen MR) is 65.7 cm³/mol. The van der Waals surface area contributed by atoms with E-state index < -0.39 is 0 Å². The average Bonchev–Trinajstić information content (AvgIpc) is 2.72. The van der Waals surface area contributed by atoms with Crippen LogP contribution in [-0.4, -0.2) is 14.5 Å². The van der Waals surface area contributed by atoms with Gasteiger partial charge in [-0.3, -0.25) is 4.98 Å². The van der Waals surface area contributed by atoms with Crippen LogP contribution in [0.3, 0.4) is 0 Å². The molecule has 2 aromatic heterocycles. The van der Waals surface area contributed by atoms with E-state index in [2.05, 4.69) is 36.5 Å². The first kappa shape index (κ1) is 10.0. The van der Waals surface area contributed by atoms with Crippen molar-refractivity contribution in [3.8, 4) is 5.69 Å². The molecular weight excluding hydrogens is 266 g/mol. The van der Waals surface area contributed by atoms with E-state index in [1.807, 2.05) is 12.5 Å². The second-order valence-electron chi connectivity index (χ2n) is 4.08. The Morgan fingerprint density at radius 3 is 2.94 bits per heavy atom. The molecule has 0 aliphatic heterocycles. The van der Waals surface area contributed by atoms with Gasteiger partial charge in [0.15, 0.2) is 0 Å². The zero-order valence-electron chi connectivity index (χ0n) is 8.86. The Labute approximate surface area is 103 Å². The molecule has 0 N–H and O–H groups in total. The number of pyridine rings is 1. The fraction of sp³-hybridized carbons (Fsp3) is 0.333. The summed E-state index contributed by atoms with van der Waals surface area (Å²) in [5.74, 6) is 0. The number of hydrogen-bond donors (Lipinski definition) is 0. The monoisotopic (exact) mass is 277 g/mol. The SMILES string of the molecule is Brc1cncc(-n2cnc3c2CCCC3)c1. The highest BCUT2D eigenvalue weighted by Gasteiger charge is 2.15. The Morgan fingerprint density at radius 1 is 1.19 bits per heavy atom. The number of fused-ring (bicyclic) bond motifs is 1. The molecule has 2 aromatic rings. The van der Waals surface area contributed by atoms with Gasteiger partial charge in [-0.25, -0.2) is 4.98 Å². The number of aromatic nitrogens is 3. The lowest BCUT2D eigenvalue weighted by molar-refractivity contribution is 0.655. The second-order valence-corrected chi connectivity index (χ2v) is 4.99. The first-order valence-corrected chi connectivity index (χ1v) is 6.30. The van der Waals surface area contributed by atoms with Gasteiger partial charge in [0.1, 0.15) is 0 Å². The van der Waals surface area contributed by atoms with E-state index in [0.717, 1.165) is 23.0 Å². The molecule has 0 fully saturated rings. The molecule has 1 aliphatic rings. The van der Waals surface area contributed by atoms with Crippen molar-refractivity contribution in [1.82, 2.24) is 14.5 Å². The molecule has 3 rings (SSSR count). The lowest BCUT2D eigenvalue weighted by Gasteiger charge is -2.13. The summed E-state index contributed by atoms with van der Waals surface area (Å²) in [6.45, 7) is 0. The van der Waals surface area contributed by atoms with Crippen molar-refractivity contribution in [2.45, 2.75) is 25.7 Å². The highest BCUT2D eigenvalue weighted by Crippen LogP contribution is 2.23. The summed E-state index contributed by atoms with van der Waals surface area (Å²) in [5.41, 5.74) is 3.70. The van der Waals surface area contributed by atoms with Crippen molar-refractivity contribution < 1.29 is 0 Å². The molecule has 2 heterocycles. The molecule has 0 aromatic carbocycles. The van der Waals surface area contributed by atoms with Crippen molar-refractivity contribution in [3.05, 3.63) is 40.6 Å². The Morgan fingerprint density at radius 2 is 2.06 bits per heavy atom. The van der Waals surface area contributed by atoms with Gasteiger partial charge in [-0.15, -0.1) is 0 Å². The molecule has 0 atom stereocenters. The molecule has 0 saturated heterocycles. The molecule has 0 bridgehead atoms. The molecule has 0 amide bonds. The summed E-state index contributed by atoms with van der Waals surface area (Å²) in [6.07, 6.45) is 10.4. The van der Waals surface area contributed by atoms with Crippen LogP contribution >= 0.6 is 15.9 Å². The summed E-state index contributed by atoms with van der Waals surface area (Å²) in [4.78, 5) is 8.68. The highest BCUT2D eigenvalue weighted by molar-refractivity contribution is 9.10. The minimum atomic E-state index is 1.00. The molecule has 16 heavy (non-hydrogen) atoms. The molecule has 4 heteroatoms. The smallest absolute Gasteiger partial charge is 0.0998 e. The predicted octanol–water partition coefficient (Wildman–Crippen LogP) is 2.91. The lowest BCUT2D eigenvalue weighted by Crippen LogP contribution is -2.06. The fourth-order valence-electron chi connectivity index (χ4n) is 2.22. The van der Waals surface area contributed by atoms with Crippen LogP contribution in [0.1, 0.15) is 24.2 Å². The van der Waals surface area contributed by atoms with E-state index in [4.69, 9.17) is 0 Å². The van der Waals surface area contributed by atoms with Crippen LogP contribution in [0, 0.1) is 0 Å². The third-order valence-corrected chi connectivity index (χ3v) is 3.43. The minimum absolute atomic E-state index is 1.00. The van der Waals surface area contributed by atoms with Gasteiger partial charge in [-0.1, -0.05) is 0 Å². The molecule has 82 valence electrons. The van der Waals surface area contributed by atoms with Crippen LogP contribution in [0.5, 0.6) is 0 Å². The van der Waals surface area contributed by atoms with Gasteiger partial charge in [-0.2, -0.15) is 0 Å². The maximum Gasteiger partial charge on any atom is 0.0998 e. The van der Waals surface area contributed by atoms with Crippen LogP contribution in [0.2, 0.25) is 0 Å². The zero-order valence-corrected chi connectivity index (χ0v) is 10.4. The van der Waals surface area contributed by atoms with E-state index in [0.29, 0.717) is 0 Å². The number of halogens is 1. The standard InChI is InChI=1S/C12H12BrN3/c13-9-5-10(7-14-6-9)16-8-15-11-3-1-2-4-12(11)16/h5-8H,1-4H2. The van der Waals surface area contributed by atoms with Gasteiger partial charge < -0.3 is 4.57 Å². The zero-order chi connectivity index (χ0) is 11.0. The number of aryl methyl sites for hydroxylation is 1. The van der Waals surface area contributed by atoms with Crippen LogP contribution in [0.15, 0.2) is 29.3 Å². The van der Waals surface area contributed by atoms with Crippen LogP contribution in [-0.2, 0) is 12.8 Å². The molecule has 0 radical (unpaired) electrons. The third-order valence-electron chi connectivity index (χ3n) is 3.00. The van der Waals surface area contributed by atoms with Crippen LogP contribution in [0.4, 0.5) is 0 Å². The van der Waals surface area contributed by atoms with Crippen LogP contribution in [0.25, 0.3) is 5.69 Å². The van der Waals surface area contributed by atoms with Gasteiger partial charge in [0.05, 0.1) is 23.9 Å². The second kappa shape index (κ2) is 4.01. The molecular formula is C12H12BrN3. The average molecular weight is 278 g/mol. The van der Waals surface area contributed by atoms with E-state index in [1.54, 1.807) is 6.20 Å². The number of nitrogens with zero attached hydrogens (tertiary/aromatic N) is 3. The number of hydrogen-bond acceptors (Lipinski definition) is 2. The van der Waals surface area contributed by atoms with Crippen molar-refractivity contribution in [2.24, 2.45) is 0 Å². The largest absolute Gasteiger partial charge is 0.301 e. The van der Waals surface area contributed by atoms with Gasteiger partial charge in [0, 0.05) is 16.4 Å². The number of rotatable bonds is 1. The summed E-state index contributed by atoms with van der Waals surface area (Å²) in [6, 6.07) is 2.07. The maximum atomic E-state index is 4.48. The highest BCUT2D eigenvalue weighted by atomic mass is 79.9. The Bertz CT molecular complexity index is 519. The molecule has 3 nitrogen and oxygen atoms in total. The van der Waals surface area contributed by atoms with Gasteiger partial charge in [0.2, 0.25) is 0 Å². The summed E-state index contributed by atoms with van der Waals surface area (Å²) >= 11 is 3.45. The topological polar surface area (TPSA) is 30.7 Å². The molecule has 0 unspecified atom stereocenters. The quantitative estimate of drug-likeness (QED) is 0.803. The molecule has 0 saturated carbocycles. The van der Waals surface area contributed by atoms with Crippen molar-refractivity contribution in [3.63, 3.8) is 0 Å². The fourth-order valence-corrected chi connectivity index (χ4v) is 2.58. The Hall–Kier alpha value is -1.16. The van der Waals surface area contributed by atoms with Crippen molar-refractivity contribution in [2.75, 3.05) is 0 Å². The minimum Gasteiger partial charge on any atom is -0.301 e. The Kier molecular flexibility index (Phi) is 2.52. The first-order chi connectivity index (χ1) is 7.84. The molecule has 1 aliphatic carbocycles. The summed E-state index contributed by atoms with van der Waals surface area (Å²) in [5, 5.41) is 0. The van der Waals surface area contributed by atoms with Crippen molar-refractivity contribution >= 4 is 15.9 Å². The Balaban J connectivity index is 2.09. The third kappa shape index (κ3) is 1.67. The normalized spacial score (nSPS) is 14.8. The maximum absolute atomic E-state index is 4.48. The molecule has 0 spiro atoms. The number of imidazole rings is 1. The summed E-state index contributed by atoms with van der Waals surface area (Å²) < 4.78 is 3.16. The van der Waals surface area contributed by atoms with Crippen molar-refractivity contribution in [1.29, 1.82) is 0 Å². The van der Waals surface area contributed by atoms with Crippen LogP contribution < -0.4 is 0 Å². The van der Waals surface area contributed by atoms with Gasteiger partial charge in [-0.05, 0) is 47.7 Å².